The summed E-state index contributed by atoms with van der Waals surface area (Å²) < 4.78 is 7.68. The fourth-order valence-corrected chi connectivity index (χ4v) is 4.65. The molecule has 4 aromatic heterocycles. The smallest absolute Gasteiger partial charge is 0.343 e. The van der Waals surface area contributed by atoms with Crippen LogP contribution in [0.1, 0.15) is 24.4 Å². The molecule has 1 unspecified atom stereocenters. The van der Waals surface area contributed by atoms with E-state index in [0.29, 0.717) is 39.1 Å². The molecule has 0 amide bonds. The maximum absolute atomic E-state index is 13.1. The highest BCUT2D eigenvalue weighted by Gasteiger charge is 2.26. The normalized spacial score (nSPS) is 12.3. The molecule has 0 radical (unpaired) electrons. The summed E-state index contributed by atoms with van der Waals surface area (Å²) in [6.45, 7) is 1.74. The summed E-state index contributed by atoms with van der Waals surface area (Å²) in [7, 11) is 0. The van der Waals surface area contributed by atoms with Gasteiger partial charge in [0.2, 0.25) is 0 Å². The van der Waals surface area contributed by atoms with Gasteiger partial charge in [0.25, 0.3) is 0 Å². The third kappa shape index (κ3) is 3.73. The first-order chi connectivity index (χ1) is 18.1. The number of nitrogens with zero attached hydrogens (tertiary/aromatic N) is 5. The highest BCUT2D eigenvalue weighted by Crippen LogP contribution is 2.38. The Balaban J connectivity index is 1.62. The van der Waals surface area contributed by atoms with Crippen LogP contribution in [0.3, 0.4) is 0 Å². The van der Waals surface area contributed by atoms with Crippen LogP contribution in [0.5, 0.6) is 0 Å². The molecular weight excluding hydrogens is 468 g/mol. The number of benzene rings is 2. The van der Waals surface area contributed by atoms with Gasteiger partial charge in [-0.3, -0.25) is 4.98 Å². The quantitative estimate of drug-likeness (QED) is 0.364. The van der Waals surface area contributed by atoms with Crippen molar-refractivity contribution in [1.29, 1.82) is 0 Å². The van der Waals surface area contributed by atoms with Gasteiger partial charge in [0.05, 0.1) is 23.1 Å². The summed E-state index contributed by atoms with van der Waals surface area (Å²) in [5, 5.41) is 16.1. The number of rotatable bonds is 5. The molecule has 1 atom stereocenters. The van der Waals surface area contributed by atoms with Crippen LogP contribution in [-0.2, 0) is 6.61 Å². The van der Waals surface area contributed by atoms with Crippen molar-refractivity contribution < 1.29 is 9.52 Å². The molecule has 0 spiro atoms. The number of hydrogen-bond donors (Lipinski definition) is 2. The number of aliphatic hydroxyl groups is 1. The molecule has 0 saturated heterocycles. The lowest BCUT2D eigenvalue weighted by Gasteiger charge is -2.18. The van der Waals surface area contributed by atoms with Crippen LogP contribution < -0.4 is 11.4 Å². The topological polar surface area (TPSA) is 133 Å². The van der Waals surface area contributed by atoms with Gasteiger partial charge >= 0.3 is 5.63 Å². The molecule has 3 N–H and O–H groups in total. The number of nitrogen functional groups attached to an aromatic ring is 1. The molecule has 4 heterocycles. The number of anilines is 1. The second kappa shape index (κ2) is 8.96. The van der Waals surface area contributed by atoms with Crippen LogP contribution in [0.25, 0.3) is 44.2 Å². The maximum Gasteiger partial charge on any atom is 0.343 e. The van der Waals surface area contributed by atoms with Crippen molar-refractivity contribution in [2.45, 2.75) is 19.6 Å². The standard InChI is InChI=1S/C28H22N6O3/c1-16(25-22(17-7-3-2-4-8-17)20-9-5-6-10-21(20)28(36)37-25)34-27-23(26(29)31-15-32-27)24(33-34)18-11-12-19(14-35)30-13-18/h2-13,15-16,35H,14H2,1H3,(H2,29,31,32). The Morgan fingerprint density at radius 1 is 0.946 bits per heavy atom. The van der Waals surface area contributed by atoms with Crippen molar-refractivity contribution in [3.8, 4) is 22.4 Å². The molecule has 0 bridgehead atoms. The van der Waals surface area contributed by atoms with Crippen LogP contribution >= 0.6 is 0 Å². The van der Waals surface area contributed by atoms with Crippen LogP contribution in [0, 0.1) is 0 Å². The molecule has 0 aliphatic carbocycles. The van der Waals surface area contributed by atoms with Crippen molar-refractivity contribution in [3.63, 3.8) is 0 Å². The van der Waals surface area contributed by atoms with Gasteiger partial charge in [-0.1, -0.05) is 48.5 Å². The zero-order valence-corrected chi connectivity index (χ0v) is 19.9. The van der Waals surface area contributed by atoms with E-state index < -0.39 is 11.7 Å². The molecule has 0 fully saturated rings. The molecule has 6 rings (SSSR count). The molecule has 37 heavy (non-hydrogen) atoms. The predicted octanol–water partition coefficient (Wildman–Crippen LogP) is 4.35. The van der Waals surface area contributed by atoms with E-state index in [4.69, 9.17) is 15.2 Å². The summed E-state index contributed by atoms with van der Waals surface area (Å²) >= 11 is 0. The Labute approximate surface area is 210 Å². The fraction of sp³-hybridized carbons (Fsp3) is 0.107. The van der Waals surface area contributed by atoms with Crippen molar-refractivity contribution >= 4 is 27.6 Å². The second-order valence-corrected chi connectivity index (χ2v) is 8.66. The molecule has 2 aromatic carbocycles. The van der Waals surface area contributed by atoms with Crippen molar-refractivity contribution in [2.75, 3.05) is 5.73 Å². The highest BCUT2D eigenvalue weighted by molar-refractivity contribution is 5.99. The maximum atomic E-state index is 13.1. The molecule has 0 aliphatic heterocycles. The van der Waals surface area contributed by atoms with Crippen LogP contribution in [0.2, 0.25) is 0 Å². The van der Waals surface area contributed by atoms with Crippen LogP contribution in [-0.4, -0.2) is 29.8 Å². The molecule has 9 nitrogen and oxygen atoms in total. The predicted molar refractivity (Wildman–Crippen MR) is 141 cm³/mol. The Hall–Kier alpha value is -4.89. The summed E-state index contributed by atoms with van der Waals surface area (Å²) in [5.74, 6) is 0.727. The van der Waals surface area contributed by atoms with Gasteiger partial charge in [0.15, 0.2) is 5.65 Å². The summed E-state index contributed by atoms with van der Waals surface area (Å²) in [5.41, 5.74) is 9.85. The van der Waals surface area contributed by atoms with E-state index in [0.717, 1.165) is 16.5 Å². The van der Waals surface area contributed by atoms with E-state index in [-0.39, 0.29) is 12.4 Å². The lowest BCUT2D eigenvalue weighted by atomic mass is 9.96. The number of aromatic nitrogens is 5. The minimum absolute atomic E-state index is 0.166. The van der Waals surface area contributed by atoms with Crippen molar-refractivity contribution in [2.24, 2.45) is 0 Å². The first-order valence-electron chi connectivity index (χ1n) is 11.7. The van der Waals surface area contributed by atoms with Gasteiger partial charge in [-0.25, -0.2) is 19.4 Å². The van der Waals surface area contributed by atoms with Gasteiger partial charge in [-0.15, -0.1) is 0 Å². The lowest BCUT2D eigenvalue weighted by Crippen LogP contribution is -2.14. The van der Waals surface area contributed by atoms with Gasteiger partial charge in [-0.2, -0.15) is 5.10 Å². The van der Waals surface area contributed by atoms with E-state index in [1.54, 1.807) is 23.0 Å². The Morgan fingerprint density at radius 2 is 1.70 bits per heavy atom. The number of aliphatic hydroxyl groups excluding tert-OH is 1. The van der Waals surface area contributed by atoms with Crippen LogP contribution in [0.4, 0.5) is 5.82 Å². The zero-order chi connectivity index (χ0) is 25.5. The Bertz CT molecular complexity index is 1810. The van der Waals surface area contributed by atoms with E-state index in [9.17, 15) is 9.90 Å². The molecule has 0 saturated carbocycles. The first-order valence-corrected chi connectivity index (χ1v) is 11.7. The van der Waals surface area contributed by atoms with E-state index in [1.807, 2.05) is 61.5 Å². The number of pyridine rings is 1. The van der Waals surface area contributed by atoms with Crippen molar-refractivity contribution in [3.05, 3.63) is 101 Å². The largest absolute Gasteiger partial charge is 0.424 e. The average molecular weight is 491 g/mol. The van der Waals surface area contributed by atoms with Gasteiger partial charge in [0, 0.05) is 22.7 Å². The van der Waals surface area contributed by atoms with E-state index in [1.165, 1.54) is 6.33 Å². The minimum Gasteiger partial charge on any atom is -0.424 e. The summed E-state index contributed by atoms with van der Waals surface area (Å²) in [6.07, 6.45) is 3.01. The zero-order valence-electron chi connectivity index (χ0n) is 19.9. The van der Waals surface area contributed by atoms with Crippen LogP contribution in [0.15, 0.2) is 88.5 Å². The molecule has 0 aliphatic rings. The number of fused-ring (bicyclic) bond motifs is 2. The van der Waals surface area contributed by atoms with Gasteiger partial charge in [-0.05, 0) is 30.7 Å². The lowest BCUT2D eigenvalue weighted by molar-refractivity contribution is 0.277. The SMILES string of the molecule is CC(c1oc(=O)c2ccccc2c1-c1ccccc1)n1nc(-c2ccc(CO)nc2)c2c(N)ncnc21. The summed E-state index contributed by atoms with van der Waals surface area (Å²) in [4.78, 5) is 26.0. The third-order valence-electron chi connectivity index (χ3n) is 6.45. The Kier molecular flexibility index (Phi) is 5.46. The first kappa shape index (κ1) is 22.6. The monoisotopic (exact) mass is 490 g/mol. The van der Waals surface area contributed by atoms with E-state index >= 15 is 0 Å². The van der Waals surface area contributed by atoms with Gasteiger partial charge in [0.1, 0.15) is 29.6 Å². The molecule has 182 valence electrons. The average Bonchev–Trinajstić information content (AvgIpc) is 3.34. The van der Waals surface area contributed by atoms with E-state index in [2.05, 4.69) is 15.0 Å². The highest BCUT2D eigenvalue weighted by atomic mass is 16.4. The molecule has 6 aromatic rings. The Morgan fingerprint density at radius 3 is 2.43 bits per heavy atom. The molecule has 9 heteroatoms. The third-order valence-corrected chi connectivity index (χ3v) is 6.45. The minimum atomic E-state index is -0.525. The van der Waals surface area contributed by atoms with Gasteiger partial charge < -0.3 is 15.3 Å². The number of hydrogen-bond acceptors (Lipinski definition) is 8. The second-order valence-electron chi connectivity index (χ2n) is 8.66. The molecular formula is C28H22N6O3. The van der Waals surface area contributed by atoms with Crippen molar-refractivity contribution in [1.82, 2.24) is 24.7 Å². The fourth-order valence-electron chi connectivity index (χ4n) is 4.65. The number of nitrogens with two attached hydrogens (primary N) is 1. The summed E-state index contributed by atoms with van der Waals surface area (Å²) in [6, 6.07) is 20.2.